The number of nitrogens with zero attached hydrogens (tertiary/aromatic N) is 3. The van der Waals surface area contributed by atoms with Gasteiger partial charge in [0.05, 0.1) is 23.0 Å². The van der Waals surface area contributed by atoms with E-state index in [1.165, 1.54) is 16.8 Å². The van der Waals surface area contributed by atoms with Gasteiger partial charge in [0.25, 0.3) is 5.56 Å². The van der Waals surface area contributed by atoms with Gasteiger partial charge in [-0.25, -0.2) is 9.59 Å². The highest BCUT2D eigenvalue weighted by Gasteiger charge is 2.28. The molecule has 0 bridgehead atoms. The van der Waals surface area contributed by atoms with Gasteiger partial charge in [0, 0.05) is 12.6 Å². The number of benzene rings is 3. The topological polar surface area (TPSA) is 84.5 Å². The molecule has 1 aromatic heterocycles. The highest BCUT2D eigenvalue weighted by molar-refractivity contribution is 6.02. The van der Waals surface area contributed by atoms with Gasteiger partial charge in [-0.2, -0.15) is 4.68 Å². The van der Waals surface area contributed by atoms with Crippen LogP contribution in [0, 0.1) is 6.92 Å². The largest absolute Gasteiger partial charge is 0.478 e. The molecule has 7 heteroatoms. The predicted molar refractivity (Wildman–Crippen MR) is 131 cm³/mol. The fraction of sp³-hybridized carbons (Fsp3) is 0.222. The van der Waals surface area contributed by atoms with E-state index in [0.29, 0.717) is 6.54 Å². The second-order valence-corrected chi connectivity index (χ2v) is 8.60. The van der Waals surface area contributed by atoms with Crippen LogP contribution in [0.1, 0.15) is 40.9 Å². The number of fused-ring (bicyclic) bond motifs is 1. The number of carbonyl (C=O) groups is 2. The van der Waals surface area contributed by atoms with Crippen molar-refractivity contribution in [2.45, 2.75) is 39.9 Å². The third kappa shape index (κ3) is 4.24. The van der Waals surface area contributed by atoms with Gasteiger partial charge in [-0.1, -0.05) is 60.7 Å². The van der Waals surface area contributed by atoms with Gasteiger partial charge in [0.15, 0.2) is 0 Å². The van der Waals surface area contributed by atoms with Crippen molar-refractivity contribution >= 4 is 22.9 Å². The van der Waals surface area contributed by atoms with Crippen LogP contribution in [-0.2, 0) is 13.1 Å². The van der Waals surface area contributed by atoms with Crippen LogP contribution >= 0.6 is 0 Å². The van der Waals surface area contributed by atoms with E-state index in [1.807, 2.05) is 75.4 Å². The molecule has 1 N–H and O–H groups in total. The lowest BCUT2D eigenvalue weighted by Gasteiger charge is -2.28. The summed E-state index contributed by atoms with van der Waals surface area (Å²) in [5, 5.41) is 10.0. The lowest BCUT2D eigenvalue weighted by Crippen LogP contribution is -2.45. The molecule has 0 spiro atoms. The van der Waals surface area contributed by atoms with Crippen LogP contribution in [0.25, 0.3) is 10.9 Å². The summed E-state index contributed by atoms with van der Waals surface area (Å²) in [7, 11) is 0. The smallest absolute Gasteiger partial charge is 0.346 e. The molecule has 0 unspecified atom stereocenters. The van der Waals surface area contributed by atoms with E-state index in [9.17, 15) is 19.5 Å². The first-order chi connectivity index (χ1) is 16.3. The summed E-state index contributed by atoms with van der Waals surface area (Å²) in [6, 6.07) is 21.0. The molecule has 174 valence electrons. The third-order valence-electron chi connectivity index (χ3n) is 6.02. The van der Waals surface area contributed by atoms with Crippen LogP contribution in [0.4, 0.5) is 4.79 Å². The Balaban J connectivity index is 1.92. The maximum atomic E-state index is 13.9. The maximum absolute atomic E-state index is 13.9. The lowest BCUT2D eigenvalue weighted by molar-refractivity contribution is 0.0698. The summed E-state index contributed by atoms with van der Waals surface area (Å²) in [6.45, 7) is 6.28. The first kappa shape index (κ1) is 23.0. The number of rotatable bonds is 6. The van der Waals surface area contributed by atoms with E-state index < -0.39 is 17.6 Å². The van der Waals surface area contributed by atoms with Gasteiger partial charge in [0.1, 0.15) is 0 Å². The van der Waals surface area contributed by atoms with Crippen molar-refractivity contribution in [3.8, 4) is 0 Å². The molecule has 0 aliphatic heterocycles. The van der Waals surface area contributed by atoms with Crippen molar-refractivity contribution in [3.05, 3.63) is 105 Å². The number of aryl methyl sites for hydroxylation is 1. The molecule has 0 saturated carbocycles. The number of para-hydroxylation sites is 1. The van der Waals surface area contributed by atoms with Gasteiger partial charge >= 0.3 is 12.0 Å². The maximum Gasteiger partial charge on any atom is 0.346 e. The second kappa shape index (κ2) is 9.39. The first-order valence-electron chi connectivity index (χ1n) is 11.2. The zero-order valence-corrected chi connectivity index (χ0v) is 19.4. The minimum absolute atomic E-state index is 0.0212. The monoisotopic (exact) mass is 457 g/mol. The molecule has 0 aliphatic carbocycles. The zero-order chi connectivity index (χ0) is 24.4. The van der Waals surface area contributed by atoms with E-state index in [0.717, 1.165) is 21.4 Å². The Bertz CT molecular complexity index is 1420. The molecule has 1 heterocycles. The van der Waals surface area contributed by atoms with Crippen molar-refractivity contribution < 1.29 is 14.7 Å². The number of aromatic nitrogens is 2. The Hall–Kier alpha value is -4.13. The number of hydrogen-bond donors (Lipinski definition) is 1. The third-order valence-corrected chi connectivity index (χ3v) is 6.02. The minimum atomic E-state index is -1.15. The second-order valence-electron chi connectivity index (χ2n) is 8.60. The zero-order valence-electron chi connectivity index (χ0n) is 19.4. The predicted octanol–water partition coefficient (Wildman–Crippen LogP) is 4.74. The SMILES string of the molecule is Cc1ccccc1CN(C(=O)n1c(=O)c2cccc(C(=O)O)c2n1Cc1ccccc1)C(C)C. The molecule has 4 aromatic rings. The van der Waals surface area contributed by atoms with Gasteiger partial charge < -0.3 is 10.0 Å². The van der Waals surface area contributed by atoms with E-state index in [4.69, 9.17) is 0 Å². The Morgan fingerprint density at radius 1 is 0.941 bits per heavy atom. The normalized spacial score (nSPS) is 11.2. The Kier molecular flexibility index (Phi) is 6.36. The summed E-state index contributed by atoms with van der Waals surface area (Å²) < 4.78 is 2.58. The average molecular weight is 458 g/mol. The van der Waals surface area contributed by atoms with Gasteiger partial charge in [-0.3, -0.25) is 9.48 Å². The molecule has 0 aliphatic rings. The van der Waals surface area contributed by atoms with Crippen molar-refractivity contribution in [1.82, 2.24) is 14.3 Å². The van der Waals surface area contributed by atoms with Gasteiger partial charge in [0.2, 0.25) is 0 Å². The number of carboxylic acids is 1. The summed E-state index contributed by atoms with van der Waals surface area (Å²) in [6.07, 6.45) is 0. The molecule has 1 amide bonds. The molecule has 4 rings (SSSR count). The Morgan fingerprint density at radius 2 is 1.62 bits per heavy atom. The molecular formula is C27H27N3O4. The molecule has 0 fully saturated rings. The van der Waals surface area contributed by atoms with E-state index in [1.54, 1.807) is 11.0 Å². The van der Waals surface area contributed by atoms with Crippen molar-refractivity contribution in [2.24, 2.45) is 0 Å². The molecule has 0 atom stereocenters. The van der Waals surface area contributed by atoms with Crippen LogP contribution < -0.4 is 5.56 Å². The van der Waals surface area contributed by atoms with Gasteiger partial charge in [-0.15, -0.1) is 0 Å². The Morgan fingerprint density at radius 3 is 2.26 bits per heavy atom. The molecule has 7 nitrogen and oxygen atoms in total. The van der Waals surface area contributed by atoms with Crippen molar-refractivity contribution in [3.63, 3.8) is 0 Å². The number of hydrogen-bond acceptors (Lipinski definition) is 3. The average Bonchev–Trinajstić information content (AvgIpc) is 3.10. The highest BCUT2D eigenvalue weighted by atomic mass is 16.4. The van der Waals surface area contributed by atoms with Crippen LogP contribution in [-0.4, -0.2) is 37.4 Å². The lowest BCUT2D eigenvalue weighted by atomic mass is 10.1. The van der Waals surface area contributed by atoms with E-state index in [-0.39, 0.29) is 29.1 Å². The number of carbonyl (C=O) groups excluding carboxylic acids is 1. The van der Waals surface area contributed by atoms with Crippen LogP contribution in [0.3, 0.4) is 0 Å². The summed E-state index contributed by atoms with van der Waals surface area (Å²) in [5.74, 6) is -1.15. The standard InChI is InChI=1S/C27H27N3O4/c1-18(2)28(17-21-13-8-7-10-19(21)3)27(34)30-25(31)22-14-9-15-23(26(32)33)24(22)29(30)16-20-11-5-4-6-12-20/h4-15,18H,16-17H2,1-3H3,(H,32,33). The first-order valence-corrected chi connectivity index (χ1v) is 11.2. The van der Waals surface area contributed by atoms with Crippen molar-refractivity contribution in [2.75, 3.05) is 0 Å². The fourth-order valence-electron chi connectivity index (χ4n) is 4.15. The van der Waals surface area contributed by atoms with E-state index >= 15 is 0 Å². The fourth-order valence-corrected chi connectivity index (χ4v) is 4.15. The number of carboxylic acid groups (broad SMARTS) is 1. The molecule has 0 saturated heterocycles. The summed E-state index contributed by atoms with van der Waals surface area (Å²) in [5.41, 5.74) is 2.55. The van der Waals surface area contributed by atoms with Gasteiger partial charge in [-0.05, 0) is 49.6 Å². The minimum Gasteiger partial charge on any atom is -0.478 e. The quantitative estimate of drug-likeness (QED) is 0.453. The van der Waals surface area contributed by atoms with E-state index in [2.05, 4.69) is 0 Å². The molecule has 0 radical (unpaired) electrons. The molecule has 34 heavy (non-hydrogen) atoms. The van der Waals surface area contributed by atoms with Crippen LogP contribution in [0.2, 0.25) is 0 Å². The van der Waals surface area contributed by atoms with Crippen LogP contribution in [0.5, 0.6) is 0 Å². The van der Waals surface area contributed by atoms with Crippen LogP contribution in [0.15, 0.2) is 77.6 Å². The molecular weight excluding hydrogens is 430 g/mol. The van der Waals surface area contributed by atoms with Crippen molar-refractivity contribution in [1.29, 1.82) is 0 Å². The highest BCUT2D eigenvalue weighted by Crippen LogP contribution is 2.21. The Labute approximate surface area is 197 Å². The summed E-state index contributed by atoms with van der Waals surface area (Å²) in [4.78, 5) is 41.0. The molecule has 3 aromatic carbocycles. The summed E-state index contributed by atoms with van der Waals surface area (Å²) >= 11 is 0. The number of aromatic carboxylic acids is 1. The number of amides is 1.